The van der Waals surface area contributed by atoms with Gasteiger partial charge in [0.05, 0.1) is 6.61 Å². The van der Waals surface area contributed by atoms with Crippen LogP contribution in [0.2, 0.25) is 0 Å². The third-order valence-electron chi connectivity index (χ3n) is 3.73. The van der Waals surface area contributed by atoms with E-state index in [1.54, 1.807) is 30.3 Å². The Bertz CT molecular complexity index is 626. The summed E-state index contributed by atoms with van der Waals surface area (Å²) in [4.78, 5) is 24.8. The molecule has 1 aromatic rings. The first-order chi connectivity index (χ1) is 11.9. The maximum absolute atomic E-state index is 12.4. The number of hydrogen-bond donors (Lipinski definition) is 2. The van der Waals surface area contributed by atoms with Gasteiger partial charge in [-0.25, -0.2) is 0 Å². The smallest absolute Gasteiger partial charge is 0.267 e. The first kappa shape index (κ1) is 19.1. The normalized spacial score (nSPS) is 19.5. The Morgan fingerprint density at radius 1 is 1.28 bits per heavy atom. The van der Waals surface area contributed by atoms with Crippen molar-refractivity contribution in [1.29, 1.82) is 0 Å². The highest BCUT2D eigenvalue weighted by atomic mass is 16.7. The number of ether oxygens (including phenoxy) is 2. The van der Waals surface area contributed by atoms with Crippen LogP contribution in [0, 0.1) is 0 Å². The van der Waals surface area contributed by atoms with Crippen LogP contribution < -0.4 is 10.6 Å². The first-order valence-electron chi connectivity index (χ1n) is 8.59. The van der Waals surface area contributed by atoms with E-state index in [1.807, 2.05) is 26.8 Å². The fraction of sp³-hybridized carbons (Fsp3) is 0.474. The quantitative estimate of drug-likeness (QED) is 0.587. The molecule has 1 aliphatic rings. The molecular weight excluding hydrogens is 320 g/mol. The summed E-state index contributed by atoms with van der Waals surface area (Å²) < 4.78 is 11.2. The molecule has 1 aliphatic heterocycles. The molecule has 0 saturated carbocycles. The van der Waals surface area contributed by atoms with E-state index in [-0.39, 0.29) is 17.5 Å². The average Bonchev–Trinajstić information content (AvgIpc) is 2.93. The lowest BCUT2D eigenvalue weighted by Crippen LogP contribution is -2.36. The van der Waals surface area contributed by atoms with Crippen molar-refractivity contribution in [3.63, 3.8) is 0 Å². The molecule has 0 radical (unpaired) electrons. The zero-order valence-corrected chi connectivity index (χ0v) is 15.0. The summed E-state index contributed by atoms with van der Waals surface area (Å²) in [6.45, 7) is 6.56. The van der Waals surface area contributed by atoms with Crippen LogP contribution >= 0.6 is 0 Å². The van der Waals surface area contributed by atoms with Crippen molar-refractivity contribution in [3.8, 4) is 0 Å². The summed E-state index contributed by atoms with van der Waals surface area (Å²) in [6, 6.07) is 8.77. The molecule has 0 bridgehead atoms. The Kier molecular flexibility index (Phi) is 6.73. The van der Waals surface area contributed by atoms with Crippen molar-refractivity contribution in [3.05, 3.63) is 47.7 Å². The summed E-state index contributed by atoms with van der Waals surface area (Å²) in [5.41, 5.74) is 0.662. The molecule has 25 heavy (non-hydrogen) atoms. The van der Waals surface area contributed by atoms with Crippen LogP contribution in [0.4, 0.5) is 0 Å². The van der Waals surface area contributed by atoms with Gasteiger partial charge in [-0.15, -0.1) is 0 Å². The van der Waals surface area contributed by atoms with Crippen molar-refractivity contribution in [2.75, 3.05) is 13.2 Å². The topological polar surface area (TPSA) is 76.7 Å². The Morgan fingerprint density at radius 3 is 2.60 bits per heavy atom. The zero-order valence-electron chi connectivity index (χ0n) is 15.0. The van der Waals surface area contributed by atoms with Crippen LogP contribution in [-0.4, -0.2) is 36.9 Å². The number of nitrogens with one attached hydrogen (secondary N) is 2. The molecule has 1 aromatic carbocycles. The minimum Gasteiger partial charge on any atom is -0.351 e. The lowest BCUT2D eigenvalue weighted by molar-refractivity contribution is -0.133. The molecular formula is C19H26N2O4. The van der Waals surface area contributed by atoms with Crippen LogP contribution in [-0.2, 0) is 14.3 Å². The Morgan fingerprint density at radius 2 is 2.00 bits per heavy atom. The van der Waals surface area contributed by atoms with Gasteiger partial charge in [0.2, 0.25) is 0 Å². The minimum absolute atomic E-state index is 0.177. The van der Waals surface area contributed by atoms with E-state index in [0.717, 1.165) is 12.8 Å². The molecule has 2 amide bonds. The van der Waals surface area contributed by atoms with Gasteiger partial charge in [-0.3, -0.25) is 9.59 Å². The Hall–Kier alpha value is -2.18. The van der Waals surface area contributed by atoms with Crippen molar-refractivity contribution in [2.45, 2.75) is 45.5 Å². The number of amides is 2. The number of unbranched alkanes of at least 4 members (excludes halogenated alkanes) is 1. The number of carbonyl (C=O) groups is 2. The van der Waals surface area contributed by atoms with Crippen molar-refractivity contribution < 1.29 is 19.1 Å². The third-order valence-corrected chi connectivity index (χ3v) is 3.73. The lowest BCUT2D eigenvalue weighted by Gasteiger charge is -2.16. The van der Waals surface area contributed by atoms with Crippen molar-refractivity contribution in [2.24, 2.45) is 0 Å². The van der Waals surface area contributed by atoms with E-state index >= 15 is 0 Å². The molecule has 6 heteroatoms. The fourth-order valence-corrected chi connectivity index (χ4v) is 2.42. The highest BCUT2D eigenvalue weighted by Crippen LogP contribution is 2.23. The molecule has 0 spiro atoms. The summed E-state index contributed by atoms with van der Waals surface area (Å²) in [7, 11) is 0. The molecule has 0 aliphatic carbocycles. The van der Waals surface area contributed by atoms with Gasteiger partial charge in [0.25, 0.3) is 11.8 Å². The van der Waals surface area contributed by atoms with Gasteiger partial charge in [-0.1, -0.05) is 31.5 Å². The predicted molar refractivity (Wildman–Crippen MR) is 94.8 cm³/mol. The van der Waals surface area contributed by atoms with Crippen molar-refractivity contribution in [1.82, 2.24) is 10.6 Å². The second-order valence-corrected chi connectivity index (χ2v) is 6.38. The number of carbonyl (C=O) groups excluding carboxylic acids is 2. The van der Waals surface area contributed by atoms with Crippen LogP contribution in [0.5, 0.6) is 0 Å². The molecule has 6 nitrogen and oxygen atoms in total. The van der Waals surface area contributed by atoms with Crippen LogP contribution in [0.1, 0.15) is 44.0 Å². The molecule has 136 valence electrons. The number of benzene rings is 1. The van der Waals surface area contributed by atoms with Crippen LogP contribution in [0.15, 0.2) is 42.1 Å². The van der Waals surface area contributed by atoms with Crippen LogP contribution in [0.3, 0.4) is 0 Å². The minimum atomic E-state index is -0.700. The van der Waals surface area contributed by atoms with E-state index in [1.165, 1.54) is 0 Å². The average molecular weight is 346 g/mol. The third kappa shape index (κ3) is 5.99. The van der Waals surface area contributed by atoms with Gasteiger partial charge in [0.15, 0.2) is 5.79 Å². The molecule has 1 saturated heterocycles. The van der Waals surface area contributed by atoms with E-state index in [2.05, 4.69) is 10.6 Å². The highest BCUT2D eigenvalue weighted by molar-refractivity contribution is 6.02. The summed E-state index contributed by atoms with van der Waals surface area (Å²) in [6.07, 6.45) is 3.07. The van der Waals surface area contributed by atoms with Gasteiger partial charge in [0.1, 0.15) is 11.8 Å². The summed E-state index contributed by atoms with van der Waals surface area (Å²) in [5, 5.41) is 5.51. The SMILES string of the molecule is CCCCNC(=O)/C(=C\[C@H]1COC(C)(C)O1)NC(=O)c1ccccc1. The maximum Gasteiger partial charge on any atom is 0.267 e. The lowest BCUT2D eigenvalue weighted by atomic mass is 10.2. The first-order valence-corrected chi connectivity index (χ1v) is 8.59. The molecule has 1 atom stereocenters. The van der Waals surface area contributed by atoms with Crippen LogP contribution in [0.25, 0.3) is 0 Å². The molecule has 0 unspecified atom stereocenters. The molecule has 1 heterocycles. The number of rotatable bonds is 7. The second kappa shape index (κ2) is 8.78. The fourth-order valence-electron chi connectivity index (χ4n) is 2.42. The second-order valence-electron chi connectivity index (χ2n) is 6.38. The zero-order chi connectivity index (χ0) is 18.3. The standard InChI is InChI=1S/C19H26N2O4/c1-4-5-11-20-18(23)16(12-15-13-24-19(2,3)25-15)21-17(22)14-9-7-6-8-10-14/h6-10,12,15H,4-5,11,13H2,1-3H3,(H,20,23)(H,21,22)/b16-12+/t15-/m0/s1. The molecule has 1 fully saturated rings. The predicted octanol–water partition coefficient (Wildman–Crippen LogP) is 2.37. The Balaban J connectivity index is 2.11. The largest absolute Gasteiger partial charge is 0.351 e. The van der Waals surface area contributed by atoms with E-state index in [0.29, 0.717) is 18.7 Å². The van der Waals surface area contributed by atoms with E-state index in [4.69, 9.17) is 9.47 Å². The maximum atomic E-state index is 12.4. The molecule has 2 rings (SSSR count). The van der Waals surface area contributed by atoms with Gasteiger partial charge >= 0.3 is 0 Å². The van der Waals surface area contributed by atoms with E-state index < -0.39 is 11.9 Å². The summed E-state index contributed by atoms with van der Waals surface area (Å²) >= 11 is 0. The molecule has 2 N–H and O–H groups in total. The van der Waals surface area contributed by atoms with Gasteiger partial charge in [-0.05, 0) is 38.5 Å². The Labute approximate surface area is 148 Å². The number of hydrogen-bond acceptors (Lipinski definition) is 4. The van der Waals surface area contributed by atoms with Gasteiger partial charge < -0.3 is 20.1 Å². The van der Waals surface area contributed by atoms with Gasteiger partial charge in [-0.2, -0.15) is 0 Å². The monoisotopic (exact) mass is 346 g/mol. The molecule has 0 aromatic heterocycles. The van der Waals surface area contributed by atoms with Crippen molar-refractivity contribution >= 4 is 11.8 Å². The summed E-state index contributed by atoms with van der Waals surface area (Å²) in [5.74, 6) is -1.37. The van der Waals surface area contributed by atoms with Gasteiger partial charge in [0, 0.05) is 12.1 Å². The van der Waals surface area contributed by atoms with E-state index in [9.17, 15) is 9.59 Å². The highest BCUT2D eigenvalue weighted by Gasteiger charge is 2.32.